The second-order valence-corrected chi connectivity index (χ2v) is 6.21. The summed E-state index contributed by atoms with van der Waals surface area (Å²) in [6, 6.07) is -0.491. The van der Waals surface area contributed by atoms with Gasteiger partial charge in [-0.25, -0.2) is 4.79 Å². The summed E-state index contributed by atoms with van der Waals surface area (Å²) in [4.78, 5) is 36.3. The van der Waals surface area contributed by atoms with Crippen molar-refractivity contribution in [3.63, 3.8) is 0 Å². The van der Waals surface area contributed by atoms with Crippen LogP contribution in [0.3, 0.4) is 0 Å². The zero-order valence-electron chi connectivity index (χ0n) is 13.0. The highest BCUT2D eigenvalue weighted by atomic mass is 16.5. The van der Waals surface area contributed by atoms with Crippen molar-refractivity contribution in [1.82, 2.24) is 10.2 Å². The standard InChI is InChI=1S/C14H24N2O5/c1-9-5-6-16(8-10(9)21-4)13(20)15-11(17)7-14(2,3)12(18)19/h9-10H,5-8H2,1-4H3,(H,18,19)(H,15,17,20). The fourth-order valence-electron chi connectivity index (χ4n) is 2.24. The van der Waals surface area contributed by atoms with Gasteiger partial charge in [-0.2, -0.15) is 0 Å². The lowest BCUT2D eigenvalue weighted by atomic mass is 9.89. The van der Waals surface area contributed by atoms with Gasteiger partial charge in [-0.3, -0.25) is 14.9 Å². The minimum Gasteiger partial charge on any atom is -0.481 e. The summed E-state index contributed by atoms with van der Waals surface area (Å²) in [5.41, 5.74) is -1.20. The van der Waals surface area contributed by atoms with Crippen LogP contribution in [-0.4, -0.2) is 54.2 Å². The number of carbonyl (C=O) groups is 3. The molecule has 7 heteroatoms. The quantitative estimate of drug-likeness (QED) is 0.810. The molecule has 0 aromatic rings. The molecule has 21 heavy (non-hydrogen) atoms. The SMILES string of the molecule is COC1CN(C(=O)NC(=O)CC(C)(C)C(=O)O)CCC1C. The van der Waals surface area contributed by atoms with E-state index in [1.165, 1.54) is 18.7 Å². The van der Waals surface area contributed by atoms with Gasteiger partial charge in [0, 0.05) is 26.6 Å². The largest absolute Gasteiger partial charge is 0.481 e. The lowest BCUT2D eigenvalue weighted by Gasteiger charge is -2.36. The smallest absolute Gasteiger partial charge is 0.324 e. The highest BCUT2D eigenvalue weighted by Gasteiger charge is 2.33. The van der Waals surface area contributed by atoms with Crippen molar-refractivity contribution in [3.8, 4) is 0 Å². The van der Waals surface area contributed by atoms with Gasteiger partial charge in [0.2, 0.25) is 5.91 Å². The third-order valence-corrected chi connectivity index (χ3v) is 3.91. The number of hydrogen-bond acceptors (Lipinski definition) is 4. The Balaban J connectivity index is 2.53. The topological polar surface area (TPSA) is 95.9 Å². The van der Waals surface area contributed by atoms with Gasteiger partial charge < -0.3 is 14.7 Å². The Labute approximate surface area is 124 Å². The normalized spacial score (nSPS) is 22.8. The second-order valence-electron chi connectivity index (χ2n) is 6.21. The van der Waals surface area contributed by atoms with E-state index >= 15 is 0 Å². The summed E-state index contributed by atoms with van der Waals surface area (Å²) in [5.74, 6) is -1.29. The first-order chi connectivity index (χ1) is 9.67. The average molecular weight is 300 g/mol. The molecule has 0 aromatic heterocycles. The molecule has 1 aliphatic rings. The molecule has 0 aromatic carbocycles. The highest BCUT2D eigenvalue weighted by molar-refractivity contribution is 5.96. The Morgan fingerprint density at radius 3 is 2.52 bits per heavy atom. The van der Waals surface area contributed by atoms with E-state index in [0.717, 1.165) is 6.42 Å². The lowest BCUT2D eigenvalue weighted by molar-refractivity contribution is -0.149. The van der Waals surface area contributed by atoms with Crippen LogP contribution in [0.5, 0.6) is 0 Å². The van der Waals surface area contributed by atoms with E-state index in [1.807, 2.05) is 0 Å². The van der Waals surface area contributed by atoms with Crippen LogP contribution in [0, 0.1) is 11.3 Å². The monoisotopic (exact) mass is 300 g/mol. The van der Waals surface area contributed by atoms with Gasteiger partial charge in [-0.1, -0.05) is 6.92 Å². The van der Waals surface area contributed by atoms with E-state index in [2.05, 4.69) is 12.2 Å². The van der Waals surface area contributed by atoms with Gasteiger partial charge in [0.25, 0.3) is 0 Å². The summed E-state index contributed by atoms with van der Waals surface area (Å²) in [6.45, 7) is 5.94. The zero-order valence-corrected chi connectivity index (χ0v) is 13.0. The maximum absolute atomic E-state index is 12.0. The zero-order chi connectivity index (χ0) is 16.2. The predicted molar refractivity (Wildman–Crippen MR) is 75.7 cm³/mol. The molecule has 7 nitrogen and oxygen atoms in total. The molecule has 2 N–H and O–H groups in total. The first kappa shape index (κ1) is 17.4. The van der Waals surface area contributed by atoms with Gasteiger partial charge in [0.05, 0.1) is 11.5 Å². The molecule has 1 heterocycles. The Bertz CT molecular complexity index is 422. The maximum Gasteiger partial charge on any atom is 0.324 e. The molecule has 3 amide bonds. The average Bonchev–Trinajstić information content (AvgIpc) is 2.38. The summed E-state index contributed by atoms with van der Waals surface area (Å²) in [6.07, 6.45) is 0.516. The molecule has 0 saturated carbocycles. The molecular weight excluding hydrogens is 276 g/mol. The van der Waals surface area contributed by atoms with E-state index < -0.39 is 23.3 Å². The van der Waals surface area contributed by atoms with Crippen LogP contribution in [0.15, 0.2) is 0 Å². The third kappa shape index (κ3) is 4.70. The Hall–Kier alpha value is -1.63. The molecule has 1 rings (SSSR count). The van der Waals surface area contributed by atoms with Crippen LogP contribution in [0.1, 0.15) is 33.6 Å². The summed E-state index contributed by atoms with van der Waals surface area (Å²) < 4.78 is 5.32. The lowest BCUT2D eigenvalue weighted by Crippen LogP contribution is -2.51. The summed E-state index contributed by atoms with van der Waals surface area (Å²) in [7, 11) is 1.60. The minimum absolute atomic E-state index is 0.0462. The van der Waals surface area contributed by atoms with Crippen LogP contribution in [0.25, 0.3) is 0 Å². The van der Waals surface area contributed by atoms with Gasteiger partial charge >= 0.3 is 12.0 Å². The molecule has 0 radical (unpaired) electrons. The van der Waals surface area contributed by atoms with E-state index in [4.69, 9.17) is 9.84 Å². The molecule has 2 atom stereocenters. The molecular formula is C14H24N2O5. The number of aliphatic carboxylic acids is 1. The van der Waals surface area contributed by atoms with Crippen molar-refractivity contribution in [2.45, 2.75) is 39.7 Å². The van der Waals surface area contributed by atoms with Crippen LogP contribution >= 0.6 is 0 Å². The van der Waals surface area contributed by atoms with Crippen molar-refractivity contribution in [1.29, 1.82) is 0 Å². The molecule has 0 spiro atoms. The number of amides is 3. The number of imide groups is 1. The highest BCUT2D eigenvalue weighted by Crippen LogP contribution is 2.21. The van der Waals surface area contributed by atoms with E-state index in [1.54, 1.807) is 7.11 Å². The number of likely N-dealkylation sites (tertiary alicyclic amines) is 1. The van der Waals surface area contributed by atoms with Gasteiger partial charge in [0.1, 0.15) is 0 Å². The summed E-state index contributed by atoms with van der Waals surface area (Å²) in [5, 5.41) is 11.2. The van der Waals surface area contributed by atoms with E-state index in [9.17, 15) is 14.4 Å². The molecule has 0 bridgehead atoms. The number of carboxylic acid groups (broad SMARTS) is 1. The molecule has 120 valence electrons. The van der Waals surface area contributed by atoms with Crippen molar-refractivity contribution < 1.29 is 24.2 Å². The number of nitrogens with zero attached hydrogens (tertiary/aromatic N) is 1. The first-order valence-corrected chi connectivity index (χ1v) is 7.02. The maximum atomic E-state index is 12.0. The second kappa shape index (κ2) is 6.89. The van der Waals surface area contributed by atoms with Crippen LogP contribution in [-0.2, 0) is 14.3 Å². The molecule has 0 aliphatic carbocycles. The molecule has 1 saturated heterocycles. The number of ether oxygens (including phenoxy) is 1. The van der Waals surface area contributed by atoms with E-state index in [0.29, 0.717) is 19.0 Å². The number of carboxylic acids is 1. The number of nitrogens with one attached hydrogen (secondary N) is 1. The van der Waals surface area contributed by atoms with Gasteiger partial charge in [0.15, 0.2) is 0 Å². The molecule has 2 unspecified atom stereocenters. The van der Waals surface area contributed by atoms with Crippen LogP contribution in [0.4, 0.5) is 4.79 Å². The molecule has 1 aliphatic heterocycles. The van der Waals surface area contributed by atoms with E-state index in [-0.39, 0.29) is 12.5 Å². The van der Waals surface area contributed by atoms with Crippen molar-refractivity contribution >= 4 is 17.9 Å². The minimum atomic E-state index is -1.20. The van der Waals surface area contributed by atoms with Crippen LogP contribution in [0.2, 0.25) is 0 Å². The Morgan fingerprint density at radius 1 is 1.38 bits per heavy atom. The predicted octanol–water partition coefficient (Wildman–Crippen LogP) is 1.08. The third-order valence-electron chi connectivity index (χ3n) is 3.91. The number of piperidine rings is 1. The van der Waals surface area contributed by atoms with Gasteiger partial charge in [-0.05, 0) is 26.2 Å². The van der Waals surface area contributed by atoms with Crippen molar-refractivity contribution in [2.24, 2.45) is 11.3 Å². The van der Waals surface area contributed by atoms with Gasteiger partial charge in [-0.15, -0.1) is 0 Å². The Morgan fingerprint density at radius 2 is 2.00 bits per heavy atom. The fraction of sp³-hybridized carbons (Fsp3) is 0.786. The van der Waals surface area contributed by atoms with Crippen molar-refractivity contribution in [2.75, 3.05) is 20.2 Å². The number of hydrogen-bond donors (Lipinski definition) is 2. The number of rotatable bonds is 4. The summed E-state index contributed by atoms with van der Waals surface area (Å²) >= 11 is 0. The number of methoxy groups -OCH3 is 1. The molecule has 1 fully saturated rings. The Kier molecular flexibility index (Phi) is 5.71. The fourth-order valence-corrected chi connectivity index (χ4v) is 2.24. The van der Waals surface area contributed by atoms with Crippen molar-refractivity contribution in [3.05, 3.63) is 0 Å². The number of carbonyl (C=O) groups excluding carboxylic acids is 2. The first-order valence-electron chi connectivity index (χ1n) is 7.02. The number of urea groups is 1. The van der Waals surface area contributed by atoms with Crippen LogP contribution < -0.4 is 5.32 Å².